The number of barbiturate groups is 1. The lowest BCUT2D eigenvalue weighted by atomic mass is 10.1. The second-order valence-electron chi connectivity index (χ2n) is 6.44. The van der Waals surface area contributed by atoms with E-state index in [2.05, 4.69) is 5.32 Å². The van der Waals surface area contributed by atoms with Crippen LogP contribution in [0.25, 0.3) is 6.08 Å². The molecular formula is C21H16IN3O4. The maximum atomic E-state index is 13.0. The zero-order chi connectivity index (χ0) is 21.1. The van der Waals surface area contributed by atoms with Crippen LogP contribution in [0.2, 0.25) is 0 Å². The molecule has 0 unspecified atom stereocenters. The molecule has 3 rings (SSSR count). The number of hydrogen-bond donors (Lipinski definition) is 1. The third-order valence-corrected chi connectivity index (χ3v) is 4.97. The van der Waals surface area contributed by atoms with Crippen molar-refractivity contribution in [3.63, 3.8) is 0 Å². The van der Waals surface area contributed by atoms with Crippen LogP contribution in [0.5, 0.6) is 5.75 Å². The van der Waals surface area contributed by atoms with Crippen LogP contribution < -0.4 is 15.0 Å². The van der Waals surface area contributed by atoms with Crippen LogP contribution in [0.1, 0.15) is 16.7 Å². The molecule has 1 saturated heterocycles. The van der Waals surface area contributed by atoms with Crippen LogP contribution in [0, 0.1) is 28.7 Å². The van der Waals surface area contributed by atoms with Crippen LogP contribution in [-0.2, 0) is 9.59 Å². The first-order chi connectivity index (χ1) is 13.8. The normalized spacial score (nSPS) is 15.3. The fourth-order valence-corrected chi connectivity index (χ4v) is 3.67. The van der Waals surface area contributed by atoms with Crippen LogP contribution in [0.3, 0.4) is 0 Å². The molecule has 146 valence electrons. The molecule has 29 heavy (non-hydrogen) atoms. The molecule has 1 aliphatic heterocycles. The summed E-state index contributed by atoms with van der Waals surface area (Å²) in [6.07, 6.45) is 1.43. The highest BCUT2D eigenvalue weighted by Crippen LogP contribution is 2.26. The molecule has 7 nitrogen and oxygen atoms in total. The van der Waals surface area contributed by atoms with Crippen molar-refractivity contribution in [2.24, 2.45) is 0 Å². The Hall–Kier alpha value is -3.19. The standard InChI is InChI=1S/C21H16IN3O4/c1-12-7-13(2)9-15(8-12)25-20(27)16(19(26)24-21(25)28)10-14-3-4-18(17(22)11-14)29-6-5-23/h3-4,7-11H,6H2,1-2H3,(H,24,26,28)/b16-10+. The number of benzene rings is 2. The molecular weight excluding hydrogens is 485 g/mol. The lowest BCUT2D eigenvalue weighted by molar-refractivity contribution is -0.122. The van der Waals surface area contributed by atoms with Gasteiger partial charge in [-0.25, -0.2) is 9.69 Å². The Morgan fingerprint density at radius 2 is 1.83 bits per heavy atom. The van der Waals surface area contributed by atoms with Gasteiger partial charge < -0.3 is 4.74 Å². The van der Waals surface area contributed by atoms with Crippen LogP contribution in [-0.4, -0.2) is 24.5 Å². The number of imide groups is 2. The zero-order valence-electron chi connectivity index (χ0n) is 15.7. The monoisotopic (exact) mass is 501 g/mol. The van der Waals surface area contributed by atoms with E-state index < -0.39 is 17.8 Å². The maximum absolute atomic E-state index is 13.0. The van der Waals surface area contributed by atoms with Crippen LogP contribution >= 0.6 is 22.6 Å². The summed E-state index contributed by atoms with van der Waals surface area (Å²) in [5.74, 6) is -0.912. The lowest BCUT2D eigenvalue weighted by Crippen LogP contribution is -2.54. The number of carbonyl (C=O) groups is 3. The predicted octanol–water partition coefficient (Wildman–Crippen LogP) is 3.48. The third kappa shape index (κ3) is 4.46. The first-order valence-corrected chi connectivity index (χ1v) is 9.67. The van der Waals surface area contributed by atoms with Crippen molar-refractivity contribution < 1.29 is 19.1 Å². The summed E-state index contributed by atoms with van der Waals surface area (Å²) in [6.45, 7) is 3.65. The first-order valence-electron chi connectivity index (χ1n) is 8.59. The van der Waals surface area contributed by atoms with Gasteiger partial charge in [-0.3, -0.25) is 14.9 Å². The van der Waals surface area contributed by atoms with Gasteiger partial charge in [0.1, 0.15) is 17.4 Å². The molecule has 0 aliphatic carbocycles. The molecule has 8 heteroatoms. The Morgan fingerprint density at radius 3 is 2.45 bits per heavy atom. The number of amides is 4. The van der Waals surface area contributed by atoms with Crippen molar-refractivity contribution in [1.29, 1.82) is 5.26 Å². The summed E-state index contributed by atoms with van der Waals surface area (Å²) >= 11 is 2.04. The van der Waals surface area contributed by atoms with Gasteiger partial charge in [-0.2, -0.15) is 5.26 Å². The molecule has 2 aromatic rings. The summed E-state index contributed by atoms with van der Waals surface area (Å²) in [7, 11) is 0. The first kappa shape index (κ1) is 20.5. The van der Waals surface area contributed by atoms with Crippen molar-refractivity contribution in [3.05, 3.63) is 62.2 Å². The summed E-state index contributed by atoms with van der Waals surface area (Å²) in [5, 5.41) is 10.8. The predicted molar refractivity (Wildman–Crippen MR) is 115 cm³/mol. The highest BCUT2D eigenvalue weighted by Gasteiger charge is 2.36. The van der Waals surface area contributed by atoms with Gasteiger partial charge in [0.15, 0.2) is 6.61 Å². The topological polar surface area (TPSA) is 99.5 Å². The Balaban J connectivity index is 1.97. The number of nitrogens with one attached hydrogen (secondary N) is 1. The Morgan fingerprint density at radius 1 is 1.14 bits per heavy atom. The van der Waals surface area contributed by atoms with Gasteiger partial charge in [-0.15, -0.1) is 0 Å². The third-order valence-electron chi connectivity index (χ3n) is 4.13. The summed E-state index contributed by atoms with van der Waals surface area (Å²) < 4.78 is 6.02. The minimum absolute atomic E-state index is 0.0791. The van der Waals surface area contributed by atoms with Gasteiger partial charge in [0.05, 0.1) is 9.26 Å². The van der Waals surface area contributed by atoms with E-state index >= 15 is 0 Å². The number of urea groups is 1. The van der Waals surface area contributed by atoms with Crippen molar-refractivity contribution >= 4 is 52.2 Å². The number of ether oxygens (including phenoxy) is 1. The zero-order valence-corrected chi connectivity index (χ0v) is 17.8. The Bertz CT molecular complexity index is 1080. The molecule has 1 heterocycles. The average molecular weight is 501 g/mol. The highest BCUT2D eigenvalue weighted by atomic mass is 127. The van der Waals surface area contributed by atoms with E-state index in [1.165, 1.54) is 6.08 Å². The number of carbonyl (C=O) groups excluding carboxylic acids is 3. The van der Waals surface area contributed by atoms with Crippen molar-refractivity contribution in [2.45, 2.75) is 13.8 Å². The molecule has 0 spiro atoms. The molecule has 4 amide bonds. The van der Waals surface area contributed by atoms with Crippen LogP contribution in [0.15, 0.2) is 42.0 Å². The lowest BCUT2D eigenvalue weighted by Gasteiger charge is -2.27. The van der Waals surface area contributed by atoms with E-state index in [4.69, 9.17) is 10.00 Å². The fourth-order valence-electron chi connectivity index (χ4n) is 2.97. The average Bonchev–Trinajstić information content (AvgIpc) is 2.63. The fraction of sp³-hybridized carbons (Fsp3) is 0.143. The number of anilines is 1. The Labute approximate surface area is 181 Å². The molecule has 1 fully saturated rings. The maximum Gasteiger partial charge on any atom is 0.335 e. The van der Waals surface area contributed by atoms with Crippen molar-refractivity contribution in [3.8, 4) is 11.8 Å². The van der Waals surface area contributed by atoms with Gasteiger partial charge in [0.25, 0.3) is 11.8 Å². The van der Waals surface area contributed by atoms with E-state index in [9.17, 15) is 14.4 Å². The molecule has 0 aromatic heterocycles. The van der Waals surface area contributed by atoms with E-state index in [1.807, 2.05) is 48.6 Å². The number of halogens is 1. The molecule has 0 atom stereocenters. The van der Waals surface area contributed by atoms with Gasteiger partial charge in [0, 0.05) is 0 Å². The van der Waals surface area contributed by atoms with Gasteiger partial charge in [-0.05, 0) is 83.5 Å². The Kier molecular flexibility index (Phi) is 5.98. The second-order valence-corrected chi connectivity index (χ2v) is 7.60. The van der Waals surface area contributed by atoms with E-state index in [0.717, 1.165) is 19.6 Å². The molecule has 0 radical (unpaired) electrons. The minimum Gasteiger partial charge on any atom is -0.478 e. The second kappa shape index (κ2) is 8.45. The molecule has 0 saturated carbocycles. The van der Waals surface area contributed by atoms with Gasteiger partial charge in [0.2, 0.25) is 0 Å². The summed E-state index contributed by atoms with van der Waals surface area (Å²) in [6, 6.07) is 11.5. The summed E-state index contributed by atoms with van der Waals surface area (Å²) in [5.41, 5.74) is 2.63. The summed E-state index contributed by atoms with van der Waals surface area (Å²) in [4.78, 5) is 38.6. The smallest absolute Gasteiger partial charge is 0.335 e. The van der Waals surface area contributed by atoms with Gasteiger partial charge >= 0.3 is 6.03 Å². The molecule has 2 aromatic carbocycles. The van der Waals surface area contributed by atoms with E-state index in [1.54, 1.807) is 30.3 Å². The molecule has 1 N–H and O–H groups in total. The molecule has 1 aliphatic rings. The van der Waals surface area contributed by atoms with Crippen LogP contribution in [0.4, 0.5) is 10.5 Å². The number of aryl methyl sites for hydroxylation is 2. The SMILES string of the molecule is Cc1cc(C)cc(N2C(=O)NC(=O)/C(=C\c3ccc(OCC#N)c(I)c3)C2=O)c1. The number of nitriles is 1. The highest BCUT2D eigenvalue weighted by molar-refractivity contribution is 14.1. The number of hydrogen-bond acceptors (Lipinski definition) is 5. The number of nitrogens with zero attached hydrogens (tertiary/aromatic N) is 2. The van der Waals surface area contributed by atoms with Crippen molar-refractivity contribution in [1.82, 2.24) is 5.32 Å². The largest absolute Gasteiger partial charge is 0.478 e. The van der Waals surface area contributed by atoms with E-state index in [0.29, 0.717) is 17.0 Å². The van der Waals surface area contributed by atoms with Gasteiger partial charge in [-0.1, -0.05) is 12.1 Å². The minimum atomic E-state index is -0.781. The number of rotatable bonds is 4. The molecule has 0 bridgehead atoms. The quantitative estimate of drug-likeness (QED) is 0.393. The van der Waals surface area contributed by atoms with E-state index in [-0.39, 0.29) is 12.2 Å². The van der Waals surface area contributed by atoms with Crippen molar-refractivity contribution in [2.75, 3.05) is 11.5 Å².